The topological polar surface area (TPSA) is 66.4 Å². The first-order chi connectivity index (χ1) is 14.5. The summed E-state index contributed by atoms with van der Waals surface area (Å²) in [7, 11) is 0. The Morgan fingerprint density at radius 2 is 1.47 bits per heavy atom. The molecule has 3 aromatic rings. The number of carbonyl (C=O) groups excluding carboxylic acids is 2. The predicted octanol–water partition coefficient (Wildman–Crippen LogP) is 3.29. The van der Waals surface area contributed by atoms with E-state index in [9.17, 15) is 9.59 Å². The summed E-state index contributed by atoms with van der Waals surface area (Å²) in [5.41, 5.74) is 3.69. The van der Waals surface area contributed by atoms with Crippen molar-refractivity contribution in [2.75, 3.05) is 31.1 Å². The van der Waals surface area contributed by atoms with Crippen LogP contribution in [0.3, 0.4) is 0 Å². The molecule has 1 aromatic heterocycles. The predicted molar refractivity (Wildman–Crippen MR) is 116 cm³/mol. The van der Waals surface area contributed by atoms with Gasteiger partial charge in [0.25, 0.3) is 5.91 Å². The van der Waals surface area contributed by atoms with Gasteiger partial charge in [0.1, 0.15) is 0 Å². The summed E-state index contributed by atoms with van der Waals surface area (Å²) in [6.07, 6.45) is 3.43. The fourth-order valence-corrected chi connectivity index (χ4v) is 3.64. The van der Waals surface area contributed by atoms with E-state index < -0.39 is 0 Å². The Balaban J connectivity index is 1.53. The van der Waals surface area contributed by atoms with Gasteiger partial charge < -0.3 is 9.80 Å². The summed E-state index contributed by atoms with van der Waals surface area (Å²) in [4.78, 5) is 38.8. The van der Waals surface area contributed by atoms with Crippen LogP contribution in [0.2, 0.25) is 0 Å². The minimum absolute atomic E-state index is 0.114. The van der Waals surface area contributed by atoms with Crippen molar-refractivity contribution in [3.05, 3.63) is 88.7 Å². The second-order valence-corrected chi connectivity index (χ2v) is 7.50. The second kappa shape index (κ2) is 8.45. The molecule has 1 aliphatic rings. The number of anilines is 1. The monoisotopic (exact) mass is 400 g/mol. The van der Waals surface area contributed by atoms with Crippen LogP contribution in [-0.2, 0) is 0 Å². The zero-order chi connectivity index (χ0) is 21.1. The molecule has 1 fully saturated rings. The van der Waals surface area contributed by atoms with Crippen LogP contribution >= 0.6 is 0 Å². The Bertz CT molecular complexity index is 1070. The quantitative estimate of drug-likeness (QED) is 0.629. The SMILES string of the molecule is Cc1ccc(C(=O)c2ccccc2C(=O)N2CCN(c3ncccn3)CC2)cc1C. The van der Waals surface area contributed by atoms with Crippen molar-refractivity contribution in [2.45, 2.75) is 13.8 Å². The van der Waals surface area contributed by atoms with Gasteiger partial charge in [-0.15, -0.1) is 0 Å². The highest BCUT2D eigenvalue weighted by Gasteiger charge is 2.26. The number of piperazine rings is 1. The van der Waals surface area contributed by atoms with Crippen molar-refractivity contribution in [3.8, 4) is 0 Å². The third kappa shape index (κ3) is 3.94. The highest BCUT2D eigenvalue weighted by molar-refractivity contribution is 6.15. The van der Waals surface area contributed by atoms with Gasteiger partial charge in [0.05, 0.1) is 5.56 Å². The van der Waals surface area contributed by atoms with Gasteiger partial charge in [-0.2, -0.15) is 0 Å². The van der Waals surface area contributed by atoms with Crippen LogP contribution < -0.4 is 4.90 Å². The van der Waals surface area contributed by atoms with E-state index in [1.807, 2.05) is 32.0 Å². The fraction of sp³-hybridized carbons (Fsp3) is 0.250. The molecule has 4 rings (SSSR count). The van der Waals surface area contributed by atoms with E-state index in [4.69, 9.17) is 0 Å². The summed E-state index contributed by atoms with van der Waals surface area (Å²) in [5.74, 6) is 0.435. The molecule has 2 aromatic carbocycles. The molecule has 1 aliphatic heterocycles. The second-order valence-electron chi connectivity index (χ2n) is 7.50. The molecule has 0 radical (unpaired) electrons. The maximum atomic E-state index is 13.2. The van der Waals surface area contributed by atoms with Gasteiger partial charge in [0.15, 0.2) is 5.78 Å². The zero-order valence-electron chi connectivity index (χ0n) is 17.2. The molecular formula is C24H24N4O2. The molecule has 6 heteroatoms. The van der Waals surface area contributed by atoms with Crippen molar-refractivity contribution in [2.24, 2.45) is 0 Å². The van der Waals surface area contributed by atoms with Gasteiger partial charge in [-0.1, -0.05) is 30.3 Å². The van der Waals surface area contributed by atoms with E-state index in [2.05, 4.69) is 14.9 Å². The van der Waals surface area contributed by atoms with Crippen LogP contribution in [0.25, 0.3) is 0 Å². The lowest BCUT2D eigenvalue weighted by atomic mass is 9.95. The van der Waals surface area contributed by atoms with Crippen molar-refractivity contribution < 1.29 is 9.59 Å². The highest BCUT2D eigenvalue weighted by atomic mass is 16.2. The molecule has 0 atom stereocenters. The molecular weight excluding hydrogens is 376 g/mol. The molecule has 30 heavy (non-hydrogen) atoms. The van der Waals surface area contributed by atoms with Gasteiger partial charge in [-0.3, -0.25) is 9.59 Å². The number of hydrogen-bond acceptors (Lipinski definition) is 5. The fourth-order valence-electron chi connectivity index (χ4n) is 3.64. The third-order valence-corrected chi connectivity index (χ3v) is 5.57. The number of aromatic nitrogens is 2. The summed E-state index contributed by atoms with van der Waals surface area (Å²) < 4.78 is 0. The Hall–Kier alpha value is -3.54. The van der Waals surface area contributed by atoms with Gasteiger partial charge >= 0.3 is 0 Å². The average molecular weight is 400 g/mol. The Kier molecular flexibility index (Phi) is 5.57. The molecule has 152 valence electrons. The minimum Gasteiger partial charge on any atom is -0.337 e. The smallest absolute Gasteiger partial charge is 0.254 e. The lowest BCUT2D eigenvalue weighted by Crippen LogP contribution is -2.49. The molecule has 0 spiro atoms. The zero-order valence-corrected chi connectivity index (χ0v) is 17.2. The van der Waals surface area contributed by atoms with Crippen LogP contribution in [0.1, 0.15) is 37.4 Å². The van der Waals surface area contributed by atoms with Crippen molar-refractivity contribution in [1.29, 1.82) is 0 Å². The largest absolute Gasteiger partial charge is 0.337 e. The number of aryl methyl sites for hydroxylation is 2. The Morgan fingerprint density at radius 3 is 2.13 bits per heavy atom. The maximum absolute atomic E-state index is 13.2. The number of rotatable bonds is 4. The molecule has 2 heterocycles. The summed E-state index contributed by atoms with van der Waals surface area (Å²) in [6.45, 7) is 6.43. The molecule has 1 amide bonds. The molecule has 0 aliphatic carbocycles. The van der Waals surface area contributed by atoms with Gasteiger partial charge in [0.2, 0.25) is 5.95 Å². The van der Waals surface area contributed by atoms with E-state index in [0.717, 1.165) is 11.1 Å². The number of ketones is 1. The lowest BCUT2D eigenvalue weighted by Gasteiger charge is -2.35. The Labute approximate surface area is 176 Å². The van der Waals surface area contributed by atoms with Gasteiger partial charge in [0, 0.05) is 49.7 Å². The van der Waals surface area contributed by atoms with Crippen LogP contribution in [0.15, 0.2) is 60.9 Å². The third-order valence-electron chi connectivity index (χ3n) is 5.57. The Morgan fingerprint density at radius 1 is 0.800 bits per heavy atom. The van der Waals surface area contributed by atoms with Crippen LogP contribution in [0, 0.1) is 13.8 Å². The molecule has 0 bridgehead atoms. The number of benzene rings is 2. The van der Waals surface area contributed by atoms with E-state index in [1.54, 1.807) is 47.6 Å². The van der Waals surface area contributed by atoms with E-state index in [-0.39, 0.29) is 11.7 Å². The number of hydrogen-bond donors (Lipinski definition) is 0. The lowest BCUT2D eigenvalue weighted by molar-refractivity contribution is 0.0742. The van der Waals surface area contributed by atoms with Crippen LogP contribution in [0.4, 0.5) is 5.95 Å². The van der Waals surface area contributed by atoms with Crippen LogP contribution in [0.5, 0.6) is 0 Å². The molecule has 0 saturated carbocycles. The first-order valence-corrected chi connectivity index (χ1v) is 10.1. The average Bonchev–Trinajstić information content (AvgIpc) is 2.80. The number of carbonyl (C=O) groups is 2. The van der Waals surface area contributed by atoms with Crippen molar-refractivity contribution in [1.82, 2.24) is 14.9 Å². The van der Waals surface area contributed by atoms with E-state index in [1.165, 1.54) is 0 Å². The maximum Gasteiger partial charge on any atom is 0.254 e. The molecule has 0 unspecified atom stereocenters. The van der Waals surface area contributed by atoms with Gasteiger partial charge in [-0.25, -0.2) is 9.97 Å². The summed E-state index contributed by atoms with van der Waals surface area (Å²) in [5, 5.41) is 0. The van der Waals surface area contributed by atoms with Crippen molar-refractivity contribution in [3.63, 3.8) is 0 Å². The van der Waals surface area contributed by atoms with Crippen LogP contribution in [-0.4, -0.2) is 52.7 Å². The van der Waals surface area contributed by atoms with Gasteiger partial charge in [-0.05, 0) is 43.2 Å². The summed E-state index contributed by atoms with van der Waals surface area (Å²) in [6, 6.07) is 14.5. The van der Waals surface area contributed by atoms with Crippen molar-refractivity contribution >= 4 is 17.6 Å². The first kappa shape index (κ1) is 19.8. The molecule has 1 saturated heterocycles. The highest BCUT2D eigenvalue weighted by Crippen LogP contribution is 2.20. The minimum atomic E-state index is -0.127. The number of nitrogens with zero attached hydrogens (tertiary/aromatic N) is 4. The summed E-state index contributed by atoms with van der Waals surface area (Å²) >= 11 is 0. The molecule has 6 nitrogen and oxygen atoms in total. The van der Waals surface area contributed by atoms with E-state index in [0.29, 0.717) is 48.8 Å². The first-order valence-electron chi connectivity index (χ1n) is 10.1. The standard InChI is InChI=1S/C24H24N4O2/c1-17-8-9-19(16-18(17)2)22(29)20-6-3-4-7-21(20)23(30)27-12-14-28(15-13-27)24-25-10-5-11-26-24/h3-11,16H,12-15H2,1-2H3. The normalized spacial score (nSPS) is 13.9. The number of amides is 1. The van der Waals surface area contributed by atoms with E-state index >= 15 is 0 Å². The molecule has 0 N–H and O–H groups in total.